The third kappa shape index (κ3) is 3.23. The summed E-state index contributed by atoms with van der Waals surface area (Å²) in [5, 5.41) is 12.4. The van der Waals surface area contributed by atoms with Gasteiger partial charge >= 0.3 is 0 Å². The van der Waals surface area contributed by atoms with Crippen LogP contribution in [-0.4, -0.2) is 26.1 Å². The van der Waals surface area contributed by atoms with Gasteiger partial charge in [-0.15, -0.1) is 0 Å². The van der Waals surface area contributed by atoms with Gasteiger partial charge in [-0.3, -0.25) is 9.36 Å². The minimum atomic E-state index is 0.779. The predicted molar refractivity (Wildman–Crippen MR) is 76.1 cm³/mol. The number of aromatic nitrogens is 4. The largest absolute Gasteiger partial charge is 0.313 e. The zero-order valence-electron chi connectivity index (χ0n) is 12.3. The monoisotopic (exact) mass is 261 g/mol. The zero-order valence-corrected chi connectivity index (χ0v) is 12.3. The van der Waals surface area contributed by atoms with Crippen LogP contribution in [0.15, 0.2) is 12.3 Å². The Kier molecular flexibility index (Phi) is 4.37. The molecule has 0 saturated carbocycles. The molecule has 0 fully saturated rings. The molecule has 1 N–H and O–H groups in total. The van der Waals surface area contributed by atoms with Crippen LogP contribution in [0, 0.1) is 13.8 Å². The summed E-state index contributed by atoms with van der Waals surface area (Å²) in [7, 11) is 0. The average molecular weight is 261 g/mol. The number of aryl methyl sites for hydroxylation is 3. The van der Waals surface area contributed by atoms with Crippen LogP contribution < -0.4 is 5.32 Å². The molecule has 2 aromatic heterocycles. The maximum absolute atomic E-state index is 4.58. The van der Waals surface area contributed by atoms with Gasteiger partial charge in [-0.1, -0.05) is 6.92 Å². The first-order valence-corrected chi connectivity index (χ1v) is 6.91. The van der Waals surface area contributed by atoms with Gasteiger partial charge in [0.15, 0.2) is 0 Å². The molecule has 0 bridgehead atoms. The maximum atomic E-state index is 4.58. The minimum Gasteiger partial charge on any atom is -0.313 e. The van der Waals surface area contributed by atoms with Gasteiger partial charge in [0, 0.05) is 24.8 Å². The van der Waals surface area contributed by atoms with Crippen LogP contribution in [0.1, 0.15) is 36.5 Å². The Labute approximate surface area is 114 Å². The van der Waals surface area contributed by atoms with E-state index in [-0.39, 0.29) is 0 Å². The SMILES string of the molecule is CCNCc1cn(Cc2cc(C)nn2CC)nc1C. The van der Waals surface area contributed by atoms with Crippen LogP contribution in [0.5, 0.6) is 0 Å². The molecular weight excluding hydrogens is 238 g/mol. The Balaban J connectivity index is 2.14. The molecule has 5 nitrogen and oxygen atoms in total. The first kappa shape index (κ1) is 13.8. The topological polar surface area (TPSA) is 47.7 Å². The summed E-state index contributed by atoms with van der Waals surface area (Å²) in [5.41, 5.74) is 4.63. The van der Waals surface area contributed by atoms with Crippen molar-refractivity contribution >= 4 is 0 Å². The fourth-order valence-corrected chi connectivity index (χ4v) is 2.24. The fraction of sp³-hybridized carbons (Fsp3) is 0.571. The van der Waals surface area contributed by atoms with Gasteiger partial charge in [-0.05, 0) is 33.4 Å². The average Bonchev–Trinajstić information content (AvgIpc) is 2.90. The van der Waals surface area contributed by atoms with Gasteiger partial charge in [0.05, 0.1) is 23.6 Å². The van der Waals surface area contributed by atoms with E-state index in [4.69, 9.17) is 0 Å². The molecule has 0 spiro atoms. The normalized spacial score (nSPS) is 11.2. The lowest BCUT2D eigenvalue weighted by molar-refractivity contribution is 0.573. The maximum Gasteiger partial charge on any atom is 0.0828 e. The van der Waals surface area contributed by atoms with E-state index in [0.29, 0.717) is 0 Å². The Hall–Kier alpha value is -1.62. The van der Waals surface area contributed by atoms with E-state index < -0.39 is 0 Å². The molecule has 0 aliphatic rings. The molecule has 2 rings (SSSR count). The summed E-state index contributed by atoms with van der Waals surface area (Å²) in [6, 6.07) is 2.13. The first-order valence-electron chi connectivity index (χ1n) is 6.91. The van der Waals surface area contributed by atoms with Gasteiger partial charge in [0.25, 0.3) is 0 Å². The molecule has 0 aliphatic carbocycles. The van der Waals surface area contributed by atoms with E-state index in [1.165, 1.54) is 11.3 Å². The molecule has 0 atom stereocenters. The fourth-order valence-electron chi connectivity index (χ4n) is 2.24. The number of hydrogen-bond acceptors (Lipinski definition) is 3. The van der Waals surface area contributed by atoms with Crippen molar-refractivity contribution in [2.75, 3.05) is 6.54 Å². The van der Waals surface area contributed by atoms with Gasteiger partial charge in [0.1, 0.15) is 0 Å². The lowest BCUT2D eigenvalue weighted by Crippen LogP contribution is -2.12. The molecule has 104 valence electrons. The van der Waals surface area contributed by atoms with Crippen LogP contribution in [0.4, 0.5) is 0 Å². The van der Waals surface area contributed by atoms with Crippen molar-refractivity contribution in [2.24, 2.45) is 0 Å². The van der Waals surface area contributed by atoms with E-state index in [1.54, 1.807) is 0 Å². The van der Waals surface area contributed by atoms with Crippen molar-refractivity contribution in [3.8, 4) is 0 Å². The molecular formula is C14H23N5. The van der Waals surface area contributed by atoms with Gasteiger partial charge in [-0.25, -0.2) is 0 Å². The lowest BCUT2D eigenvalue weighted by Gasteiger charge is -2.04. The Morgan fingerprint density at radius 2 is 2.00 bits per heavy atom. The van der Waals surface area contributed by atoms with Crippen molar-refractivity contribution in [2.45, 2.75) is 47.3 Å². The van der Waals surface area contributed by atoms with Crippen LogP contribution in [0.25, 0.3) is 0 Å². The zero-order chi connectivity index (χ0) is 13.8. The quantitative estimate of drug-likeness (QED) is 0.863. The second-order valence-electron chi connectivity index (χ2n) is 4.81. The highest BCUT2D eigenvalue weighted by Crippen LogP contribution is 2.10. The highest BCUT2D eigenvalue weighted by molar-refractivity contribution is 5.16. The van der Waals surface area contributed by atoms with Crippen molar-refractivity contribution in [3.05, 3.63) is 34.9 Å². The van der Waals surface area contributed by atoms with Crippen LogP contribution in [-0.2, 0) is 19.6 Å². The second kappa shape index (κ2) is 6.02. The Morgan fingerprint density at radius 3 is 2.68 bits per heavy atom. The van der Waals surface area contributed by atoms with Crippen LogP contribution >= 0.6 is 0 Å². The second-order valence-corrected chi connectivity index (χ2v) is 4.81. The summed E-state index contributed by atoms with van der Waals surface area (Å²) >= 11 is 0. The highest BCUT2D eigenvalue weighted by atomic mass is 15.3. The molecule has 2 heterocycles. The number of nitrogens with zero attached hydrogens (tertiary/aromatic N) is 4. The van der Waals surface area contributed by atoms with Gasteiger partial charge < -0.3 is 5.32 Å². The van der Waals surface area contributed by atoms with Gasteiger partial charge in [-0.2, -0.15) is 10.2 Å². The molecule has 0 unspecified atom stereocenters. The molecule has 0 radical (unpaired) electrons. The molecule has 19 heavy (non-hydrogen) atoms. The van der Waals surface area contributed by atoms with E-state index in [9.17, 15) is 0 Å². The summed E-state index contributed by atoms with van der Waals surface area (Å²) < 4.78 is 4.04. The Bertz CT molecular complexity index is 538. The third-order valence-corrected chi connectivity index (χ3v) is 3.22. The molecule has 5 heteroatoms. The first-order chi connectivity index (χ1) is 9.13. The van der Waals surface area contributed by atoms with Crippen molar-refractivity contribution in [3.63, 3.8) is 0 Å². The van der Waals surface area contributed by atoms with Crippen molar-refractivity contribution in [1.82, 2.24) is 24.9 Å². The minimum absolute atomic E-state index is 0.779. The van der Waals surface area contributed by atoms with Crippen molar-refractivity contribution in [1.29, 1.82) is 0 Å². The standard InChI is InChI=1S/C14H23N5/c1-5-15-8-13-9-18(17-12(13)4)10-14-7-11(3)16-19(14)6-2/h7,9,15H,5-6,8,10H2,1-4H3. The highest BCUT2D eigenvalue weighted by Gasteiger charge is 2.08. The van der Waals surface area contributed by atoms with Crippen LogP contribution in [0.3, 0.4) is 0 Å². The van der Waals surface area contributed by atoms with Crippen molar-refractivity contribution < 1.29 is 0 Å². The molecule has 2 aromatic rings. The van der Waals surface area contributed by atoms with E-state index in [1.807, 2.05) is 16.3 Å². The summed E-state index contributed by atoms with van der Waals surface area (Å²) in [5.74, 6) is 0. The van der Waals surface area contributed by atoms with Crippen LogP contribution in [0.2, 0.25) is 0 Å². The van der Waals surface area contributed by atoms with Gasteiger partial charge in [0.2, 0.25) is 0 Å². The third-order valence-electron chi connectivity index (χ3n) is 3.22. The number of rotatable bonds is 6. The predicted octanol–water partition coefficient (Wildman–Crippen LogP) is 1.87. The summed E-state index contributed by atoms with van der Waals surface area (Å²) in [4.78, 5) is 0. The number of hydrogen-bond donors (Lipinski definition) is 1. The molecule has 0 saturated heterocycles. The smallest absolute Gasteiger partial charge is 0.0828 e. The van der Waals surface area contributed by atoms with E-state index in [0.717, 1.165) is 37.6 Å². The summed E-state index contributed by atoms with van der Waals surface area (Å²) in [6.07, 6.45) is 2.13. The molecule has 0 aliphatic heterocycles. The van der Waals surface area contributed by atoms with E-state index >= 15 is 0 Å². The van der Waals surface area contributed by atoms with E-state index in [2.05, 4.69) is 48.5 Å². The molecule has 0 amide bonds. The number of nitrogens with one attached hydrogen (secondary N) is 1. The Morgan fingerprint density at radius 1 is 1.21 bits per heavy atom. The molecule has 0 aromatic carbocycles. The summed E-state index contributed by atoms with van der Waals surface area (Å²) in [6.45, 7) is 11.9. The lowest BCUT2D eigenvalue weighted by atomic mass is 10.2.